The van der Waals surface area contributed by atoms with Crippen LogP contribution in [-0.4, -0.2) is 28.8 Å². The van der Waals surface area contributed by atoms with Crippen LogP contribution in [0.4, 0.5) is 0 Å². The van der Waals surface area contributed by atoms with Crippen molar-refractivity contribution in [2.24, 2.45) is 10.2 Å². The van der Waals surface area contributed by atoms with E-state index in [4.69, 9.17) is 6.42 Å². The number of nitrogens with zero attached hydrogens (tertiary/aromatic N) is 2. The molecule has 1 unspecified atom stereocenters. The minimum Gasteiger partial charge on any atom is -0.380 e. The molecular formula is C18H21N3O2. The van der Waals surface area contributed by atoms with E-state index < -0.39 is 11.3 Å². The number of hydrogen-bond donors (Lipinski definition) is 2. The van der Waals surface area contributed by atoms with E-state index in [9.17, 15) is 9.90 Å². The van der Waals surface area contributed by atoms with E-state index in [1.54, 1.807) is 0 Å². The number of benzene rings is 1. The molecule has 2 N–H and O–H groups in total. The number of aliphatic hydroxyl groups is 1. The van der Waals surface area contributed by atoms with Gasteiger partial charge in [0.1, 0.15) is 5.60 Å². The Bertz CT molecular complexity index is 671. The fraction of sp³-hybridized carbons (Fsp3) is 0.500. The zero-order chi connectivity index (χ0) is 16.3. The second kappa shape index (κ2) is 6.13. The van der Waals surface area contributed by atoms with Crippen LogP contribution in [-0.2, 0) is 17.6 Å². The molecule has 0 aromatic heterocycles. The number of hydrogen-bond acceptors (Lipinski definition) is 4. The van der Waals surface area contributed by atoms with Gasteiger partial charge in [-0.05, 0) is 24.0 Å². The highest BCUT2D eigenvalue weighted by Crippen LogP contribution is 2.36. The summed E-state index contributed by atoms with van der Waals surface area (Å²) in [6.07, 6.45) is 8.77. The minimum absolute atomic E-state index is 0.306. The van der Waals surface area contributed by atoms with Gasteiger partial charge in [0.05, 0.1) is 0 Å². The van der Waals surface area contributed by atoms with Crippen molar-refractivity contribution in [1.29, 1.82) is 0 Å². The van der Waals surface area contributed by atoms with E-state index in [0.29, 0.717) is 32.2 Å². The predicted molar refractivity (Wildman–Crippen MR) is 86.7 cm³/mol. The predicted octanol–water partition coefficient (Wildman–Crippen LogP) is 1.99. The van der Waals surface area contributed by atoms with Crippen molar-refractivity contribution >= 4 is 5.91 Å². The summed E-state index contributed by atoms with van der Waals surface area (Å²) in [7, 11) is 0. The molecule has 2 aliphatic rings. The normalized spacial score (nSPS) is 23.7. The molecular weight excluding hydrogens is 290 g/mol. The fourth-order valence-electron chi connectivity index (χ4n) is 3.12. The molecule has 3 rings (SSSR count). The van der Waals surface area contributed by atoms with E-state index >= 15 is 0 Å². The molecule has 23 heavy (non-hydrogen) atoms. The smallest absolute Gasteiger partial charge is 0.252 e. The summed E-state index contributed by atoms with van der Waals surface area (Å²) >= 11 is 0. The summed E-state index contributed by atoms with van der Waals surface area (Å²) in [6, 6.07) is 7.96. The molecule has 5 heteroatoms. The van der Waals surface area contributed by atoms with Gasteiger partial charge in [-0.1, -0.05) is 24.3 Å². The number of amides is 1. The van der Waals surface area contributed by atoms with Crippen LogP contribution in [0.3, 0.4) is 0 Å². The molecule has 1 aromatic rings. The van der Waals surface area contributed by atoms with Crippen LogP contribution in [0.25, 0.3) is 0 Å². The first kappa shape index (κ1) is 15.7. The summed E-state index contributed by atoms with van der Waals surface area (Å²) in [6.45, 7) is 0.445. The Morgan fingerprint density at radius 3 is 2.74 bits per heavy atom. The molecule has 0 spiro atoms. The Balaban J connectivity index is 1.52. The Morgan fingerprint density at radius 1 is 1.30 bits per heavy atom. The van der Waals surface area contributed by atoms with Crippen molar-refractivity contribution in [2.75, 3.05) is 6.54 Å². The second-order valence-electron chi connectivity index (χ2n) is 6.37. The first-order valence-electron chi connectivity index (χ1n) is 8.02. The zero-order valence-corrected chi connectivity index (χ0v) is 13.1. The van der Waals surface area contributed by atoms with E-state index in [1.807, 2.05) is 18.2 Å². The van der Waals surface area contributed by atoms with Crippen molar-refractivity contribution in [2.45, 2.75) is 49.8 Å². The third-order valence-electron chi connectivity index (χ3n) is 4.70. The van der Waals surface area contributed by atoms with Gasteiger partial charge in [-0.3, -0.25) is 4.79 Å². The van der Waals surface area contributed by atoms with E-state index in [0.717, 1.165) is 18.4 Å². The lowest BCUT2D eigenvalue weighted by atomic mass is 9.80. The van der Waals surface area contributed by atoms with E-state index in [2.05, 4.69) is 27.5 Å². The van der Waals surface area contributed by atoms with Gasteiger partial charge in [-0.25, -0.2) is 0 Å². The van der Waals surface area contributed by atoms with Gasteiger partial charge in [0.2, 0.25) is 0 Å². The Morgan fingerprint density at radius 2 is 2.04 bits per heavy atom. The lowest BCUT2D eigenvalue weighted by Crippen LogP contribution is -2.51. The third-order valence-corrected chi connectivity index (χ3v) is 4.70. The topological polar surface area (TPSA) is 74.0 Å². The first-order chi connectivity index (χ1) is 11.1. The fourth-order valence-corrected chi connectivity index (χ4v) is 3.12. The summed E-state index contributed by atoms with van der Waals surface area (Å²) in [5.74, 6) is 2.28. The van der Waals surface area contributed by atoms with Gasteiger partial charge < -0.3 is 10.4 Å². The maximum atomic E-state index is 12.4. The van der Waals surface area contributed by atoms with Crippen LogP contribution in [0.5, 0.6) is 0 Å². The van der Waals surface area contributed by atoms with Crippen LogP contribution in [0.2, 0.25) is 0 Å². The van der Waals surface area contributed by atoms with Gasteiger partial charge in [-0.15, -0.1) is 12.3 Å². The highest BCUT2D eigenvalue weighted by molar-refractivity contribution is 5.85. The molecule has 1 aromatic carbocycles. The lowest BCUT2D eigenvalue weighted by molar-refractivity contribution is -0.141. The second-order valence-corrected chi connectivity index (χ2v) is 6.37. The average Bonchev–Trinajstić information content (AvgIpc) is 3.33. The number of fused-ring (bicyclic) bond motifs is 1. The molecule has 1 amide bonds. The van der Waals surface area contributed by atoms with Gasteiger partial charge >= 0.3 is 0 Å². The van der Waals surface area contributed by atoms with Gasteiger partial charge in [-0.2, -0.15) is 10.2 Å². The van der Waals surface area contributed by atoms with E-state index in [1.165, 1.54) is 5.56 Å². The quantitative estimate of drug-likeness (QED) is 0.788. The highest BCUT2D eigenvalue weighted by atomic mass is 16.3. The number of nitrogens with one attached hydrogen (secondary N) is 1. The molecule has 1 aliphatic carbocycles. The van der Waals surface area contributed by atoms with Crippen LogP contribution in [0.15, 0.2) is 34.5 Å². The molecule has 1 aliphatic heterocycles. The molecule has 0 radical (unpaired) electrons. The molecule has 0 saturated carbocycles. The summed E-state index contributed by atoms with van der Waals surface area (Å²) in [5, 5.41) is 21.6. The standard InChI is InChI=1S/C18H21N3O2/c1-2-3-9-18(20-21-18)11-12-19-16(22)17(23)10-8-14-6-4-5-7-15(14)13-17/h1,4-7,23H,3,8-13H2,(H,19,22). The molecule has 0 bridgehead atoms. The largest absolute Gasteiger partial charge is 0.380 e. The lowest BCUT2D eigenvalue weighted by Gasteiger charge is -2.32. The van der Waals surface area contributed by atoms with E-state index in [-0.39, 0.29) is 5.91 Å². The van der Waals surface area contributed by atoms with Crippen LogP contribution in [0, 0.1) is 12.3 Å². The molecule has 120 valence electrons. The first-order valence-corrected chi connectivity index (χ1v) is 8.02. The van der Waals surface area contributed by atoms with Crippen molar-refractivity contribution in [3.05, 3.63) is 35.4 Å². The number of carbonyl (C=O) groups is 1. The monoisotopic (exact) mass is 311 g/mol. The molecule has 0 saturated heterocycles. The van der Waals surface area contributed by atoms with Crippen LogP contribution < -0.4 is 5.32 Å². The number of aryl methyl sites for hydroxylation is 1. The highest BCUT2D eigenvalue weighted by Gasteiger charge is 2.41. The Kier molecular flexibility index (Phi) is 4.18. The zero-order valence-electron chi connectivity index (χ0n) is 13.1. The Labute approximate surface area is 136 Å². The van der Waals surface area contributed by atoms with Crippen molar-refractivity contribution in [1.82, 2.24) is 5.32 Å². The molecule has 5 nitrogen and oxygen atoms in total. The average molecular weight is 311 g/mol. The summed E-state index contributed by atoms with van der Waals surface area (Å²) in [4.78, 5) is 12.4. The molecule has 1 heterocycles. The number of carbonyl (C=O) groups excluding carboxylic acids is 1. The minimum atomic E-state index is -1.32. The number of rotatable bonds is 6. The molecule has 1 atom stereocenters. The SMILES string of the molecule is C#CCCC1(CCNC(=O)C2(O)CCc3ccccc3C2)N=N1. The van der Waals surface area contributed by atoms with Gasteiger partial charge in [0.25, 0.3) is 5.91 Å². The summed E-state index contributed by atoms with van der Waals surface area (Å²) < 4.78 is 0. The van der Waals surface area contributed by atoms with Crippen molar-refractivity contribution in [3.63, 3.8) is 0 Å². The van der Waals surface area contributed by atoms with Crippen LogP contribution in [0.1, 0.15) is 36.8 Å². The van der Waals surface area contributed by atoms with Gasteiger partial charge in [0, 0.05) is 32.2 Å². The summed E-state index contributed by atoms with van der Waals surface area (Å²) in [5.41, 5.74) is 0.544. The maximum Gasteiger partial charge on any atom is 0.252 e. The maximum absolute atomic E-state index is 12.4. The third kappa shape index (κ3) is 3.43. The van der Waals surface area contributed by atoms with Crippen molar-refractivity contribution in [3.8, 4) is 12.3 Å². The Hall–Kier alpha value is -2.19. The van der Waals surface area contributed by atoms with Crippen molar-refractivity contribution < 1.29 is 9.90 Å². The van der Waals surface area contributed by atoms with Gasteiger partial charge in [0.15, 0.2) is 5.66 Å². The molecule has 0 fully saturated rings. The number of terminal acetylenes is 1. The van der Waals surface area contributed by atoms with Crippen LogP contribution >= 0.6 is 0 Å².